The summed E-state index contributed by atoms with van der Waals surface area (Å²) >= 11 is 0. The maximum absolute atomic E-state index is 12.9. The third-order valence-electron chi connectivity index (χ3n) is 5.64. The summed E-state index contributed by atoms with van der Waals surface area (Å²) in [5.41, 5.74) is 2.03. The molecule has 1 N–H and O–H groups in total. The summed E-state index contributed by atoms with van der Waals surface area (Å²) in [7, 11) is 3.15. The standard InChI is InChI=1S/C23H24N2O6/c1-29-18-9-7-14(13-19(18)30-2)11-12-24-21(27)17-8-10-20(26)25(17)22-15-5-3-4-6-16(15)23(28)31-22/h3-7,9,13,17,22H,8,10-12H2,1-2H3,(H,24,27). The van der Waals surface area contributed by atoms with E-state index in [1.807, 2.05) is 18.2 Å². The number of ether oxygens (including phenoxy) is 3. The lowest BCUT2D eigenvalue weighted by Gasteiger charge is -2.29. The van der Waals surface area contributed by atoms with Gasteiger partial charge in [0.25, 0.3) is 0 Å². The monoisotopic (exact) mass is 424 g/mol. The van der Waals surface area contributed by atoms with Gasteiger partial charge in [-0.25, -0.2) is 4.79 Å². The highest BCUT2D eigenvalue weighted by atomic mass is 16.6. The molecule has 1 fully saturated rings. The highest BCUT2D eigenvalue weighted by Gasteiger charge is 2.46. The molecule has 162 valence electrons. The fourth-order valence-electron chi connectivity index (χ4n) is 4.07. The number of amides is 2. The lowest BCUT2D eigenvalue weighted by Crippen LogP contribution is -2.46. The highest BCUT2D eigenvalue weighted by molar-refractivity contribution is 5.96. The Bertz CT molecular complexity index is 1020. The van der Waals surface area contributed by atoms with Gasteiger partial charge in [-0.15, -0.1) is 0 Å². The van der Waals surface area contributed by atoms with E-state index in [1.165, 1.54) is 4.90 Å². The molecule has 8 heteroatoms. The van der Waals surface area contributed by atoms with Crippen LogP contribution in [0, 0.1) is 0 Å². The molecule has 2 aliphatic rings. The van der Waals surface area contributed by atoms with Gasteiger partial charge in [0.15, 0.2) is 11.5 Å². The molecule has 2 aliphatic heterocycles. The van der Waals surface area contributed by atoms with Crippen molar-refractivity contribution in [1.29, 1.82) is 0 Å². The summed E-state index contributed by atoms with van der Waals surface area (Å²) in [6.07, 6.45) is 0.357. The van der Waals surface area contributed by atoms with E-state index < -0.39 is 18.2 Å². The first kappa shape index (κ1) is 20.7. The largest absolute Gasteiger partial charge is 0.493 e. The molecular formula is C23H24N2O6. The van der Waals surface area contributed by atoms with Gasteiger partial charge in [-0.2, -0.15) is 0 Å². The van der Waals surface area contributed by atoms with Crippen molar-refractivity contribution in [3.05, 3.63) is 59.2 Å². The first-order valence-corrected chi connectivity index (χ1v) is 10.1. The Kier molecular flexibility index (Phi) is 5.79. The number of nitrogens with one attached hydrogen (secondary N) is 1. The number of rotatable bonds is 7. The second-order valence-corrected chi connectivity index (χ2v) is 7.43. The predicted molar refractivity (Wildman–Crippen MR) is 111 cm³/mol. The number of likely N-dealkylation sites (tertiary alicyclic amines) is 1. The van der Waals surface area contributed by atoms with Gasteiger partial charge in [-0.1, -0.05) is 24.3 Å². The van der Waals surface area contributed by atoms with E-state index in [1.54, 1.807) is 38.5 Å². The number of cyclic esters (lactones) is 1. The smallest absolute Gasteiger partial charge is 0.340 e. The predicted octanol–water partition coefficient (Wildman–Crippen LogP) is 2.22. The van der Waals surface area contributed by atoms with Crippen LogP contribution in [0.2, 0.25) is 0 Å². The molecule has 0 spiro atoms. The average molecular weight is 424 g/mol. The fraction of sp³-hybridized carbons (Fsp3) is 0.348. The third-order valence-corrected chi connectivity index (χ3v) is 5.64. The number of carbonyl (C=O) groups is 3. The van der Waals surface area contributed by atoms with Crippen LogP contribution < -0.4 is 14.8 Å². The molecule has 4 rings (SSSR count). The Morgan fingerprint density at radius 2 is 1.90 bits per heavy atom. The molecular weight excluding hydrogens is 400 g/mol. The molecule has 8 nitrogen and oxygen atoms in total. The SMILES string of the molecule is COc1ccc(CCNC(=O)C2CCC(=O)N2C2OC(=O)c3ccccc32)cc1OC. The zero-order valence-electron chi connectivity index (χ0n) is 17.4. The first-order chi connectivity index (χ1) is 15.0. The van der Waals surface area contributed by atoms with Crippen LogP contribution in [0.5, 0.6) is 11.5 Å². The van der Waals surface area contributed by atoms with Crippen molar-refractivity contribution in [3.8, 4) is 11.5 Å². The lowest BCUT2D eigenvalue weighted by molar-refractivity contribution is -0.145. The topological polar surface area (TPSA) is 94.2 Å². The van der Waals surface area contributed by atoms with Crippen LogP contribution in [0.25, 0.3) is 0 Å². The van der Waals surface area contributed by atoms with Crippen LogP contribution in [0.1, 0.15) is 40.6 Å². The zero-order valence-corrected chi connectivity index (χ0v) is 17.4. The third kappa shape index (κ3) is 3.93. The second-order valence-electron chi connectivity index (χ2n) is 7.43. The number of nitrogens with zero attached hydrogens (tertiary/aromatic N) is 1. The Morgan fingerprint density at radius 1 is 1.13 bits per heavy atom. The molecule has 2 heterocycles. The first-order valence-electron chi connectivity index (χ1n) is 10.1. The molecule has 2 unspecified atom stereocenters. The van der Waals surface area contributed by atoms with Crippen LogP contribution in [0.4, 0.5) is 0 Å². The Morgan fingerprint density at radius 3 is 2.68 bits per heavy atom. The van der Waals surface area contributed by atoms with Gasteiger partial charge in [-0.05, 0) is 36.6 Å². The number of hydrogen-bond donors (Lipinski definition) is 1. The minimum atomic E-state index is -0.861. The van der Waals surface area contributed by atoms with Gasteiger partial charge in [0.1, 0.15) is 6.04 Å². The van der Waals surface area contributed by atoms with Crippen LogP contribution in [-0.2, 0) is 20.7 Å². The number of fused-ring (bicyclic) bond motifs is 1. The zero-order chi connectivity index (χ0) is 22.0. The van der Waals surface area contributed by atoms with E-state index in [0.717, 1.165) is 5.56 Å². The van der Waals surface area contributed by atoms with Crippen LogP contribution in [-0.4, -0.2) is 49.5 Å². The minimum Gasteiger partial charge on any atom is -0.493 e. The molecule has 0 saturated carbocycles. The average Bonchev–Trinajstić information content (AvgIpc) is 3.33. The van der Waals surface area contributed by atoms with Crippen molar-refractivity contribution in [2.45, 2.75) is 31.5 Å². The quantitative estimate of drug-likeness (QED) is 0.685. The maximum atomic E-state index is 12.9. The Balaban J connectivity index is 1.42. The summed E-state index contributed by atoms with van der Waals surface area (Å²) in [4.78, 5) is 39.0. The molecule has 0 aromatic heterocycles. The minimum absolute atomic E-state index is 0.199. The number of benzene rings is 2. The molecule has 0 radical (unpaired) electrons. The van der Waals surface area contributed by atoms with Gasteiger partial charge in [-0.3, -0.25) is 14.5 Å². The van der Waals surface area contributed by atoms with Gasteiger partial charge >= 0.3 is 5.97 Å². The van der Waals surface area contributed by atoms with Crippen molar-refractivity contribution < 1.29 is 28.6 Å². The summed E-state index contributed by atoms with van der Waals surface area (Å²) in [6.45, 7) is 0.397. The second kappa shape index (κ2) is 8.67. The van der Waals surface area contributed by atoms with Crippen LogP contribution in [0.15, 0.2) is 42.5 Å². The van der Waals surface area contributed by atoms with Crippen molar-refractivity contribution in [2.75, 3.05) is 20.8 Å². The summed E-state index contributed by atoms with van der Waals surface area (Å²) in [5, 5.41) is 2.90. The number of methoxy groups -OCH3 is 2. The molecule has 1 saturated heterocycles. The maximum Gasteiger partial charge on any atom is 0.340 e. The normalized spacial score (nSPS) is 19.7. The molecule has 31 heavy (non-hydrogen) atoms. The van der Waals surface area contributed by atoms with E-state index in [2.05, 4.69) is 5.32 Å². The molecule has 0 bridgehead atoms. The molecule has 0 aliphatic carbocycles. The van der Waals surface area contributed by atoms with E-state index in [-0.39, 0.29) is 18.2 Å². The van der Waals surface area contributed by atoms with Crippen LogP contribution in [0.3, 0.4) is 0 Å². The van der Waals surface area contributed by atoms with Crippen molar-refractivity contribution >= 4 is 17.8 Å². The fourth-order valence-corrected chi connectivity index (χ4v) is 4.07. The lowest BCUT2D eigenvalue weighted by atomic mass is 10.1. The number of hydrogen-bond acceptors (Lipinski definition) is 6. The summed E-state index contributed by atoms with van der Waals surface area (Å²) < 4.78 is 16.0. The number of carbonyl (C=O) groups excluding carboxylic acids is 3. The summed E-state index contributed by atoms with van der Waals surface area (Å²) in [6, 6.07) is 11.9. The Hall–Kier alpha value is -3.55. The van der Waals surface area contributed by atoms with E-state index in [4.69, 9.17) is 14.2 Å². The van der Waals surface area contributed by atoms with Gasteiger partial charge in [0.2, 0.25) is 18.0 Å². The molecule has 2 aromatic carbocycles. The number of esters is 1. The highest BCUT2D eigenvalue weighted by Crippen LogP contribution is 2.38. The van der Waals surface area contributed by atoms with Gasteiger partial charge in [0.05, 0.1) is 19.8 Å². The van der Waals surface area contributed by atoms with E-state index in [9.17, 15) is 14.4 Å². The van der Waals surface area contributed by atoms with E-state index in [0.29, 0.717) is 42.0 Å². The Labute approximate surface area is 180 Å². The van der Waals surface area contributed by atoms with Crippen LogP contribution >= 0.6 is 0 Å². The summed E-state index contributed by atoms with van der Waals surface area (Å²) in [5.74, 6) is 0.330. The molecule has 2 atom stereocenters. The van der Waals surface area contributed by atoms with Crippen molar-refractivity contribution in [1.82, 2.24) is 10.2 Å². The molecule has 2 aromatic rings. The van der Waals surface area contributed by atoms with Crippen molar-refractivity contribution in [2.24, 2.45) is 0 Å². The van der Waals surface area contributed by atoms with Gasteiger partial charge < -0.3 is 19.5 Å². The van der Waals surface area contributed by atoms with Crippen molar-refractivity contribution in [3.63, 3.8) is 0 Å². The van der Waals surface area contributed by atoms with Gasteiger partial charge in [0, 0.05) is 18.5 Å². The molecule has 2 amide bonds. The van der Waals surface area contributed by atoms with E-state index >= 15 is 0 Å².